The highest BCUT2D eigenvalue weighted by Gasteiger charge is 2.19. The highest BCUT2D eigenvalue weighted by Crippen LogP contribution is 2.04. The maximum Gasteiger partial charge on any atom is 0.326 e. The lowest BCUT2D eigenvalue weighted by atomic mass is 10.1. The van der Waals surface area contributed by atoms with Gasteiger partial charge in [0.2, 0.25) is 5.91 Å². The van der Waals surface area contributed by atoms with Crippen molar-refractivity contribution in [3.8, 4) is 0 Å². The van der Waals surface area contributed by atoms with Gasteiger partial charge >= 0.3 is 5.97 Å². The normalized spacial score (nSPS) is 12.2. The van der Waals surface area contributed by atoms with Crippen LogP contribution in [0.4, 0.5) is 0 Å². The second-order valence-corrected chi connectivity index (χ2v) is 5.00. The molecule has 2 N–H and O–H groups in total. The van der Waals surface area contributed by atoms with Gasteiger partial charge in [-0.3, -0.25) is 9.48 Å². The number of amides is 1. The van der Waals surface area contributed by atoms with Crippen LogP contribution in [0.5, 0.6) is 0 Å². The summed E-state index contributed by atoms with van der Waals surface area (Å²) in [7, 11) is 0. The monoisotopic (exact) mass is 281 g/mol. The maximum atomic E-state index is 11.8. The summed E-state index contributed by atoms with van der Waals surface area (Å²) < 4.78 is 1.76. The first kappa shape index (κ1) is 16.2. The van der Waals surface area contributed by atoms with Crippen LogP contribution in [0.1, 0.15) is 44.0 Å². The zero-order valence-electron chi connectivity index (χ0n) is 12.3. The molecule has 1 amide bonds. The minimum Gasteiger partial charge on any atom is -0.480 e. The van der Waals surface area contributed by atoms with Gasteiger partial charge in [-0.25, -0.2) is 4.79 Å². The van der Waals surface area contributed by atoms with Crippen LogP contribution < -0.4 is 5.32 Å². The molecule has 6 heteroatoms. The Morgan fingerprint density at radius 2 is 2.15 bits per heavy atom. The van der Waals surface area contributed by atoms with Gasteiger partial charge < -0.3 is 10.4 Å². The number of nitrogens with zero attached hydrogens (tertiary/aromatic N) is 2. The van der Waals surface area contributed by atoms with Gasteiger partial charge in [-0.1, -0.05) is 19.8 Å². The first-order valence-corrected chi connectivity index (χ1v) is 6.97. The molecule has 6 nitrogen and oxygen atoms in total. The Balaban J connectivity index is 2.45. The molecule has 0 spiro atoms. The second-order valence-electron chi connectivity index (χ2n) is 5.00. The van der Waals surface area contributed by atoms with Gasteiger partial charge in [-0.2, -0.15) is 5.10 Å². The van der Waals surface area contributed by atoms with E-state index in [2.05, 4.69) is 10.4 Å². The molecule has 0 aromatic carbocycles. The van der Waals surface area contributed by atoms with E-state index in [9.17, 15) is 9.59 Å². The quantitative estimate of drug-likeness (QED) is 0.759. The molecule has 0 bridgehead atoms. The number of carbonyl (C=O) groups excluding carboxylic acids is 1. The first-order chi connectivity index (χ1) is 9.43. The van der Waals surface area contributed by atoms with Crippen LogP contribution >= 0.6 is 0 Å². The molecule has 0 aliphatic carbocycles. The molecular formula is C14H23N3O3. The number of carboxylic acid groups (broad SMARTS) is 1. The number of carbonyl (C=O) groups is 2. The molecule has 0 fully saturated rings. The lowest BCUT2D eigenvalue weighted by molar-refractivity contribution is -0.142. The first-order valence-electron chi connectivity index (χ1n) is 6.97. The second kappa shape index (κ2) is 7.67. The van der Waals surface area contributed by atoms with Gasteiger partial charge in [0.15, 0.2) is 0 Å². The third-order valence-corrected chi connectivity index (χ3v) is 3.13. The number of hydrogen-bond acceptors (Lipinski definition) is 3. The van der Waals surface area contributed by atoms with Gasteiger partial charge in [0.1, 0.15) is 6.04 Å². The Kier molecular flexibility index (Phi) is 6.21. The average Bonchev–Trinajstić information content (AvgIpc) is 2.70. The van der Waals surface area contributed by atoms with Crippen molar-refractivity contribution in [1.82, 2.24) is 15.1 Å². The minimum absolute atomic E-state index is 0.234. The summed E-state index contributed by atoms with van der Waals surface area (Å²) >= 11 is 0. The van der Waals surface area contributed by atoms with Crippen molar-refractivity contribution < 1.29 is 14.7 Å². The summed E-state index contributed by atoms with van der Waals surface area (Å²) in [4.78, 5) is 22.8. The molecule has 1 aromatic rings. The summed E-state index contributed by atoms with van der Waals surface area (Å²) in [6.45, 7) is 6.28. The zero-order chi connectivity index (χ0) is 15.1. The van der Waals surface area contributed by atoms with Gasteiger partial charge in [-0.05, 0) is 26.3 Å². The largest absolute Gasteiger partial charge is 0.480 e. The highest BCUT2D eigenvalue weighted by molar-refractivity contribution is 5.83. The Morgan fingerprint density at radius 1 is 1.45 bits per heavy atom. The molecule has 20 heavy (non-hydrogen) atoms. The number of hydrogen-bond donors (Lipinski definition) is 2. The van der Waals surface area contributed by atoms with Crippen LogP contribution in [0.25, 0.3) is 0 Å². The zero-order valence-corrected chi connectivity index (χ0v) is 12.3. The minimum atomic E-state index is -0.974. The van der Waals surface area contributed by atoms with Crippen molar-refractivity contribution in [3.05, 3.63) is 17.5 Å². The number of aryl methyl sites for hydroxylation is 3. The molecule has 1 aromatic heterocycles. The smallest absolute Gasteiger partial charge is 0.326 e. The van der Waals surface area contributed by atoms with E-state index in [-0.39, 0.29) is 12.3 Å². The lowest BCUT2D eigenvalue weighted by Crippen LogP contribution is -2.41. The molecule has 1 atom stereocenters. The number of aromatic nitrogens is 2. The van der Waals surface area contributed by atoms with E-state index in [0.717, 1.165) is 24.2 Å². The van der Waals surface area contributed by atoms with Crippen LogP contribution in [0, 0.1) is 13.8 Å². The number of carboxylic acids is 1. The number of rotatable bonds is 8. The summed E-state index contributed by atoms with van der Waals surface area (Å²) in [5, 5.41) is 15.9. The molecule has 0 aliphatic rings. The Labute approximate surface area is 119 Å². The van der Waals surface area contributed by atoms with Crippen LogP contribution in [-0.4, -0.2) is 32.8 Å². The Hall–Kier alpha value is -1.85. The van der Waals surface area contributed by atoms with Gasteiger partial charge in [0, 0.05) is 18.7 Å². The van der Waals surface area contributed by atoms with Crippen molar-refractivity contribution in [3.63, 3.8) is 0 Å². The summed E-state index contributed by atoms with van der Waals surface area (Å²) in [5.74, 6) is -1.22. The van der Waals surface area contributed by atoms with E-state index < -0.39 is 12.0 Å². The van der Waals surface area contributed by atoms with Crippen molar-refractivity contribution in [2.24, 2.45) is 0 Å². The topological polar surface area (TPSA) is 84.2 Å². The third kappa shape index (κ3) is 5.03. The summed E-state index contributed by atoms with van der Waals surface area (Å²) in [6, 6.07) is 1.15. The van der Waals surface area contributed by atoms with Crippen molar-refractivity contribution in [2.75, 3.05) is 0 Å². The van der Waals surface area contributed by atoms with Gasteiger partial charge in [-0.15, -0.1) is 0 Å². The average molecular weight is 281 g/mol. The summed E-state index contributed by atoms with van der Waals surface area (Å²) in [6.07, 6.45) is 2.40. The van der Waals surface area contributed by atoms with Crippen molar-refractivity contribution >= 4 is 11.9 Å². The van der Waals surface area contributed by atoms with E-state index >= 15 is 0 Å². The van der Waals surface area contributed by atoms with Crippen LogP contribution in [0.2, 0.25) is 0 Å². The molecule has 0 unspecified atom stereocenters. The molecule has 1 rings (SSSR count). The van der Waals surface area contributed by atoms with Gasteiger partial charge in [0.25, 0.3) is 0 Å². The van der Waals surface area contributed by atoms with Crippen LogP contribution in [0.15, 0.2) is 6.07 Å². The summed E-state index contributed by atoms with van der Waals surface area (Å²) in [5.41, 5.74) is 1.91. The van der Waals surface area contributed by atoms with Crippen LogP contribution in [0.3, 0.4) is 0 Å². The van der Waals surface area contributed by atoms with E-state index in [0.29, 0.717) is 13.0 Å². The fraction of sp³-hybridized carbons (Fsp3) is 0.643. The van der Waals surface area contributed by atoms with Crippen molar-refractivity contribution in [2.45, 2.75) is 59.0 Å². The fourth-order valence-electron chi connectivity index (χ4n) is 2.04. The van der Waals surface area contributed by atoms with E-state index in [1.54, 1.807) is 4.68 Å². The molecule has 0 saturated carbocycles. The standard InChI is InChI=1S/C14H23N3O3/c1-4-5-6-12(14(19)20)15-13(18)7-8-17-11(3)9-10(2)16-17/h9,12H,4-8H2,1-3H3,(H,15,18)(H,19,20)/t12-/m0/s1. The van der Waals surface area contributed by atoms with Crippen molar-refractivity contribution in [1.29, 1.82) is 0 Å². The third-order valence-electron chi connectivity index (χ3n) is 3.13. The molecule has 1 heterocycles. The predicted molar refractivity (Wildman–Crippen MR) is 75.4 cm³/mol. The molecule has 112 valence electrons. The van der Waals surface area contributed by atoms with E-state index in [4.69, 9.17) is 5.11 Å². The molecular weight excluding hydrogens is 258 g/mol. The highest BCUT2D eigenvalue weighted by atomic mass is 16.4. The van der Waals surface area contributed by atoms with E-state index in [1.807, 2.05) is 26.8 Å². The van der Waals surface area contributed by atoms with Crippen LogP contribution in [-0.2, 0) is 16.1 Å². The van der Waals surface area contributed by atoms with Gasteiger partial charge in [0.05, 0.1) is 5.69 Å². The fourth-order valence-corrected chi connectivity index (χ4v) is 2.04. The SMILES string of the molecule is CCCC[C@H](NC(=O)CCn1nc(C)cc1C)C(=O)O. The maximum absolute atomic E-state index is 11.8. The number of aliphatic carboxylic acids is 1. The predicted octanol–water partition coefficient (Wildman–Crippen LogP) is 1.65. The Bertz CT molecular complexity index is 468. The number of unbranched alkanes of at least 4 members (excludes halogenated alkanes) is 1. The molecule has 0 aliphatic heterocycles. The molecule has 0 saturated heterocycles. The Morgan fingerprint density at radius 3 is 2.65 bits per heavy atom. The lowest BCUT2D eigenvalue weighted by Gasteiger charge is -2.14. The van der Waals surface area contributed by atoms with E-state index in [1.165, 1.54) is 0 Å². The number of nitrogens with one attached hydrogen (secondary N) is 1. The molecule has 0 radical (unpaired) electrons.